The Kier molecular flexibility index (Phi) is 7.39. The van der Waals surface area contributed by atoms with Crippen LogP contribution in [0.1, 0.15) is 96.3 Å². The monoisotopic (exact) mass is 586 g/mol. The molecule has 5 heterocycles. The molecule has 0 aromatic carbocycles. The maximum atomic E-state index is 7.19. The molecule has 0 spiro atoms. The summed E-state index contributed by atoms with van der Waals surface area (Å²) in [5.41, 5.74) is 0. The van der Waals surface area contributed by atoms with E-state index < -0.39 is 0 Å². The van der Waals surface area contributed by atoms with Crippen molar-refractivity contribution in [3.63, 3.8) is 0 Å². The molecular weight excluding hydrogens is 532 g/mol. The van der Waals surface area contributed by atoms with Crippen molar-refractivity contribution in [1.82, 2.24) is 42.5 Å². The van der Waals surface area contributed by atoms with Gasteiger partial charge in [-0.05, 0) is 92.8 Å². The normalized spacial score (nSPS) is 58.3. The third kappa shape index (κ3) is 4.68. The van der Waals surface area contributed by atoms with Gasteiger partial charge in [-0.2, -0.15) is 0 Å². The standard InChI is InChI=1S/C32H55ClN8/c33-23-15-7-14-22-24(23)32-40-30-21-13-6-5-12-20(21)28(38-30)36-26-17-9-2-1-8-16(17)25(34-26)35-27-18-10-3-4-11-19(18)29(37-27)39-31(22)41-32/h16-32,34-41H,1-15H2. The van der Waals surface area contributed by atoms with Crippen molar-refractivity contribution in [3.05, 3.63) is 0 Å². The molecule has 41 heavy (non-hydrogen) atoms. The molecule has 4 saturated carbocycles. The predicted octanol–water partition coefficient (Wildman–Crippen LogP) is 2.82. The van der Waals surface area contributed by atoms with Crippen LogP contribution in [0.5, 0.6) is 0 Å². The van der Waals surface area contributed by atoms with Crippen LogP contribution in [0.4, 0.5) is 0 Å². The average Bonchev–Trinajstić information content (AvgIpc) is 3.73. The molecule has 8 nitrogen and oxygen atoms in total. The second-order valence-corrected chi connectivity index (χ2v) is 16.2. The van der Waals surface area contributed by atoms with Gasteiger partial charge in [-0.15, -0.1) is 11.6 Å². The topological polar surface area (TPSA) is 96.2 Å². The number of halogens is 1. The average molecular weight is 587 g/mol. The van der Waals surface area contributed by atoms with Gasteiger partial charge < -0.3 is 0 Å². The van der Waals surface area contributed by atoms with Crippen LogP contribution in [0, 0.1) is 47.3 Å². The first-order chi connectivity index (χ1) is 20.2. The molecule has 17 unspecified atom stereocenters. The lowest BCUT2D eigenvalue weighted by atomic mass is 9.76. The zero-order valence-corrected chi connectivity index (χ0v) is 25.6. The van der Waals surface area contributed by atoms with Crippen molar-refractivity contribution in [3.8, 4) is 0 Å². The molecule has 17 atom stereocenters. The fourth-order valence-electron chi connectivity index (χ4n) is 12.0. The minimum atomic E-state index is 0.252. The summed E-state index contributed by atoms with van der Waals surface area (Å²) in [6.45, 7) is 0. The lowest BCUT2D eigenvalue weighted by molar-refractivity contribution is 0.168. The van der Waals surface area contributed by atoms with Crippen LogP contribution >= 0.6 is 11.6 Å². The molecule has 0 aromatic heterocycles. The molecule has 0 radical (unpaired) electrons. The first kappa shape index (κ1) is 27.3. The number of hydrogen-bond acceptors (Lipinski definition) is 8. The van der Waals surface area contributed by atoms with E-state index in [1.807, 2.05) is 0 Å². The zero-order chi connectivity index (χ0) is 27.1. The number of fused-ring (bicyclic) bond motifs is 20. The summed E-state index contributed by atoms with van der Waals surface area (Å²) in [5, 5.41) is 33.8. The SMILES string of the molecule is ClC1CCCC2C3NC4NC(NC5NC(NC6NC(NC(N3)C12)C1CCCCC61)C1CCCCC51)C1CCCCC41. The third-order valence-corrected chi connectivity index (χ3v) is 14.3. The van der Waals surface area contributed by atoms with Crippen molar-refractivity contribution >= 4 is 11.6 Å². The highest BCUT2D eigenvalue weighted by molar-refractivity contribution is 6.20. The summed E-state index contributed by atoms with van der Waals surface area (Å²) in [7, 11) is 0. The van der Waals surface area contributed by atoms with Crippen molar-refractivity contribution < 1.29 is 0 Å². The fraction of sp³-hybridized carbons (Fsp3) is 1.00. The van der Waals surface area contributed by atoms with Gasteiger partial charge in [0.1, 0.15) is 0 Å². The molecular formula is C32H55ClN8. The molecule has 230 valence electrons. The summed E-state index contributed by atoms with van der Waals surface area (Å²) in [6, 6.07) is 0. The smallest absolute Gasteiger partial charge is 0.0642 e. The summed E-state index contributed by atoms with van der Waals surface area (Å²) in [5.74, 6) is 5.34. The molecule has 9 heteroatoms. The van der Waals surface area contributed by atoms with Crippen LogP contribution in [0.15, 0.2) is 0 Å². The molecule has 0 amide bonds. The van der Waals surface area contributed by atoms with Crippen LogP contribution in [-0.2, 0) is 0 Å². The van der Waals surface area contributed by atoms with Gasteiger partial charge >= 0.3 is 0 Å². The van der Waals surface area contributed by atoms with Crippen LogP contribution in [0.2, 0.25) is 0 Å². The van der Waals surface area contributed by atoms with Crippen LogP contribution in [-0.4, -0.2) is 54.7 Å². The first-order valence-corrected chi connectivity index (χ1v) is 18.4. The summed E-state index contributed by atoms with van der Waals surface area (Å²) in [6.07, 6.45) is 22.9. The molecule has 9 fully saturated rings. The third-order valence-electron chi connectivity index (χ3n) is 13.8. The van der Waals surface area contributed by atoms with E-state index in [9.17, 15) is 0 Å². The maximum absolute atomic E-state index is 7.19. The molecule has 9 rings (SSSR count). The first-order valence-electron chi connectivity index (χ1n) is 17.9. The van der Waals surface area contributed by atoms with Gasteiger partial charge in [0.25, 0.3) is 0 Å². The molecule has 0 aromatic rings. The fourth-order valence-corrected chi connectivity index (χ4v) is 12.5. The van der Waals surface area contributed by atoms with Gasteiger partial charge in [0.05, 0.1) is 49.3 Å². The van der Waals surface area contributed by atoms with E-state index in [1.165, 1.54) is 89.9 Å². The number of hydrogen-bond donors (Lipinski definition) is 8. The molecule has 5 saturated heterocycles. The van der Waals surface area contributed by atoms with Crippen LogP contribution < -0.4 is 42.5 Å². The van der Waals surface area contributed by atoms with Gasteiger partial charge in [0.2, 0.25) is 0 Å². The largest absolute Gasteiger partial charge is 0.286 e. The van der Waals surface area contributed by atoms with E-state index in [-0.39, 0.29) is 11.5 Å². The highest BCUT2D eigenvalue weighted by Crippen LogP contribution is 2.46. The molecule has 9 aliphatic rings. The lowest BCUT2D eigenvalue weighted by Gasteiger charge is -2.37. The van der Waals surface area contributed by atoms with E-state index in [1.54, 1.807) is 0 Å². The van der Waals surface area contributed by atoms with Gasteiger partial charge in [-0.1, -0.05) is 44.9 Å². The molecule has 5 aliphatic heterocycles. The Hall–Kier alpha value is -0.0300. The number of rotatable bonds is 0. The Morgan fingerprint density at radius 3 is 0.902 bits per heavy atom. The minimum absolute atomic E-state index is 0.252. The van der Waals surface area contributed by atoms with Crippen molar-refractivity contribution in [2.24, 2.45) is 47.3 Å². The second-order valence-electron chi connectivity index (χ2n) is 15.7. The Morgan fingerprint density at radius 2 is 0.561 bits per heavy atom. The van der Waals surface area contributed by atoms with Gasteiger partial charge in [0, 0.05) is 11.3 Å². The maximum Gasteiger partial charge on any atom is 0.0642 e. The predicted molar refractivity (Wildman–Crippen MR) is 162 cm³/mol. The van der Waals surface area contributed by atoms with Gasteiger partial charge in [0.15, 0.2) is 0 Å². The van der Waals surface area contributed by atoms with E-state index in [4.69, 9.17) is 11.6 Å². The Balaban J connectivity index is 1.06. The molecule has 8 N–H and O–H groups in total. The quantitative estimate of drug-likeness (QED) is 0.205. The Morgan fingerprint density at radius 1 is 0.293 bits per heavy atom. The summed E-state index contributed by atoms with van der Waals surface area (Å²) >= 11 is 7.19. The van der Waals surface area contributed by atoms with E-state index in [0.717, 1.165) is 18.3 Å². The van der Waals surface area contributed by atoms with E-state index in [0.29, 0.717) is 78.7 Å². The van der Waals surface area contributed by atoms with Crippen LogP contribution in [0.25, 0.3) is 0 Å². The van der Waals surface area contributed by atoms with Gasteiger partial charge in [-0.25, -0.2) is 0 Å². The highest BCUT2D eigenvalue weighted by Gasteiger charge is 2.55. The highest BCUT2D eigenvalue weighted by atomic mass is 35.5. The van der Waals surface area contributed by atoms with E-state index >= 15 is 0 Å². The molecule has 4 aliphatic carbocycles. The van der Waals surface area contributed by atoms with E-state index in [2.05, 4.69) is 42.5 Å². The second kappa shape index (κ2) is 11.1. The Bertz CT molecular complexity index is 953. The summed E-state index contributed by atoms with van der Waals surface area (Å²) in [4.78, 5) is 0. The number of nitrogens with one attached hydrogen (secondary N) is 8. The summed E-state index contributed by atoms with van der Waals surface area (Å²) < 4.78 is 0. The van der Waals surface area contributed by atoms with Crippen molar-refractivity contribution in [1.29, 1.82) is 0 Å². The zero-order valence-electron chi connectivity index (χ0n) is 24.8. The van der Waals surface area contributed by atoms with Crippen molar-refractivity contribution in [2.75, 3.05) is 0 Å². The Labute approximate surface area is 252 Å². The lowest BCUT2D eigenvalue weighted by Crippen LogP contribution is -2.61. The van der Waals surface area contributed by atoms with Gasteiger partial charge in [-0.3, -0.25) is 42.5 Å². The van der Waals surface area contributed by atoms with Crippen molar-refractivity contribution in [2.45, 2.75) is 151 Å². The minimum Gasteiger partial charge on any atom is -0.286 e. The number of alkyl halides is 1. The molecule has 8 bridgehead atoms. The van der Waals surface area contributed by atoms with Crippen LogP contribution in [0.3, 0.4) is 0 Å².